The van der Waals surface area contributed by atoms with Gasteiger partial charge in [0.1, 0.15) is 12.3 Å². The molecule has 0 fully saturated rings. The molecule has 1 unspecified atom stereocenters. The number of halogens is 4. The van der Waals surface area contributed by atoms with Crippen LogP contribution in [0.4, 0.5) is 18.9 Å². The lowest BCUT2D eigenvalue weighted by atomic mass is 10.3. The van der Waals surface area contributed by atoms with E-state index in [1.807, 2.05) is 0 Å². The molecule has 1 rings (SSSR count). The molecular weight excluding hydrogens is 305 g/mol. The third-order valence-electron chi connectivity index (χ3n) is 1.97. The Hall–Kier alpha value is -1.28. The number of hydrogen-bond donors (Lipinski definition) is 2. The molecule has 0 saturated heterocycles. The van der Waals surface area contributed by atoms with E-state index in [-0.39, 0.29) is 15.6 Å². The summed E-state index contributed by atoms with van der Waals surface area (Å²) in [7, 11) is -1.90. The summed E-state index contributed by atoms with van der Waals surface area (Å²) in [5.74, 6) is -1.63. The number of alkyl halides is 3. The highest BCUT2D eigenvalue weighted by molar-refractivity contribution is 7.86. The summed E-state index contributed by atoms with van der Waals surface area (Å²) in [6.07, 6.45) is -4.51. The first-order valence-electron chi connectivity index (χ1n) is 4.96. The molecule has 19 heavy (non-hydrogen) atoms. The quantitative estimate of drug-likeness (QED) is 0.831. The third-order valence-corrected chi connectivity index (χ3v) is 3.84. The number of carbonyl (C=O) groups is 1. The highest BCUT2D eigenvalue weighted by Crippen LogP contribution is 2.25. The van der Waals surface area contributed by atoms with Gasteiger partial charge >= 0.3 is 6.18 Å². The average molecular weight is 315 g/mol. The first-order chi connectivity index (χ1) is 8.70. The zero-order valence-corrected chi connectivity index (χ0v) is 11.0. The Labute approximate surface area is 114 Å². The van der Waals surface area contributed by atoms with Gasteiger partial charge in [-0.15, -0.1) is 0 Å². The van der Waals surface area contributed by atoms with Gasteiger partial charge < -0.3 is 11.1 Å². The van der Waals surface area contributed by atoms with Crippen molar-refractivity contribution < 1.29 is 22.2 Å². The van der Waals surface area contributed by atoms with Crippen LogP contribution in [0.3, 0.4) is 0 Å². The maximum atomic E-state index is 11.9. The number of carbonyl (C=O) groups excluding carboxylic acids is 1. The molecule has 1 atom stereocenters. The fourth-order valence-corrected chi connectivity index (χ4v) is 2.75. The highest BCUT2D eigenvalue weighted by Gasteiger charge is 2.28. The van der Waals surface area contributed by atoms with E-state index in [1.165, 1.54) is 18.2 Å². The second-order valence-electron chi connectivity index (χ2n) is 3.54. The van der Waals surface area contributed by atoms with Crippen LogP contribution >= 0.6 is 11.6 Å². The standard InChI is InChI=1S/C10H10ClF3N2O2S/c11-6-2-1-3-7(15)9(6)19(18)4-8(17)16-5-10(12,13)14/h1-3H,4-5,15H2,(H,16,17). The van der Waals surface area contributed by atoms with E-state index in [0.29, 0.717) is 0 Å². The first-order valence-corrected chi connectivity index (χ1v) is 6.66. The van der Waals surface area contributed by atoms with E-state index in [1.54, 1.807) is 5.32 Å². The molecule has 0 saturated carbocycles. The number of nitrogens with two attached hydrogens (primary N) is 1. The fraction of sp³-hybridized carbons (Fsp3) is 0.300. The van der Waals surface area contributed by atoms with Gasteiger partial charge in [0.2, 0.25) is 5.91 Å². The Morgan fingerprint density at radius 2 is 2.05 bits per heavy atom. The molecule has 0 aromatic heterocycles. The van der Waals surface area contributed by atoms with Crippen LogP contribution in [0.15, 0.2) is 23.1 Å². The summed E-state index contributed by atoms with van der Waals surface area (Å²) in [6.45, 7) is -1.47. The lowest BCUT2D eigenvalue weighted by Crippen LogP contribution is -2.36. The Morgan fingerprint density at radius 3 is 2.58 bits per heavy atom. The van der Waals surface area contributed by atoms with Crippen LogP contribution in [0.25, 0.3) is 0 Å². The topological polar surface area (TPSA) is 72.2 Å². The maximum Gasteiger partial charge on any atom is 0.405 e. The van der Waals surface area contributed by atoms with E-state index in [4.69, 9.17) is 17.3 Å². The molecule has 0 aliphatic heterocycles. The minimum absolute atomic E-state index is 0.0475. The molecule has 0 aliphatic rings. The normalized spacial score (nSPS) is 13.1. The lowest BCUT2D eigenvalue weighted by molar-refractivity contribution is -0.136. The molecule has 106 valence electrons. The second-order valence-corrected chi connectivity index (χ2v) is 5.34. The summed E-state index contributed by atoms with van der Waals surface area (Å²) < 4.78 is 47.4. The van der Waals surface area contributed by atoms with Gasteiger partial charge in [-0.25, -0.2) is 0 Å². The molecule has 9 heteroatoms. The number of amides is 1. The molecule has 0 aliphatic carbocycles. The van der Waals surface area contributed by atoms with Crippen molar-refractivity contribution in [3.63, 3.8) is 0 Å². The molecule has 0 heterocycles. The van der Waals surface area contributed by atoms with Gasteiger partial charge in [-0.2, -0.15) is 13.2 Å². The zero-order valence-electron chi connectivity index (χ0n) is 9.46. The molecule has 4 nitrogen and oxygen atoms in total. The van der Waals surface area contributed by atoms with Gasteiger partial charge in [-0.1, -0.05) is 17.7 Å². The van der Waals surface area contributed by atoms with E-state index in [2.05, 4.69) is 0 Å². The van der Waals surface area contributed by atoms with E-state index in [0.717, 1.165) is 0 Å². The molecule has 1 aromatic rings. The Kier molecular flexibility index (Phi) is 5.19. The molecule has 0 spiro atoms. The number of nitrogens with one attached hydrogen (secondary N) is 1. The summed E-state index contributed by atoms with van der Waals surface area (Å²) in [5, 5.41) is 1.72. The minimum Gasteiger partial charge on any atom is -0.398 e. The van der Waals surface area contributed by atoms with Gasteiger partial charge in [0.05, 0.1) is 20.7 Å². The Bertz CT molecular complexity index is 488. The van der Waals surface area contributed by atoms with Crippen LogP contribution in [-0.2, 0) is 15.6 Å². The summed E-state index contributed by atoms with van der Waals surface area (Å²) in [4.78, 5) is 11.3. The van der Waals surface area contributed by atoms with Crippen molar-refractivity contribution in [1.29, 1.82) is 0 Å². The third kappa shape index (κ3) is 5.07. The second kappa shape index (κ2) is 6.25. The number of benzene rings is 1. The Morgan fingerprint density at radius 1 is 1.42 bits per heavy atom. The average Bonchev–Trinajstić information content (AvgIpc) is 2.25. The van der Waals surface area contributed by atoms with Crippen molar-refractivity contribution >= 4 is 34.0 Å². The minimum atomic E-state index is -4.51. The van der Waals surface area contributed by atoms with Crippen LogP contribution in [0.1, 0.15) is 0 Å². The van der Waals surface area contributed by atoms with Crippen molar-refractivity contribution in [3.8, 4) is 0 Å². The van der Waals surface area contributed by atoms with Crippen molar-refractivity contribution in [2.75, 3.05) is 18.0 Å². The van der Waals surface area contributed by atoms with Gasteiger partial charge in [-0.05, 0) is 12.1 Å². The van der Waals surface area contributed by atoms with Crippen LogP contribution in [0.5, 0.6) is 0 Å². The number of rotatable bonds is 4. The zero-order chi connectivity index (χ0) is 14.6. The Balaban J connectivity index is 2.68. The van der Waals surface area contributed by atoms with Crippen molar-refractivity contribution in [3.05, 3.63) is 23.2 Å². The van der Waals surface area contributed by atoms with Crippen LogP contribution < -0.4 is 11.1 Å². The molecule has 1 amide bonds. The molecule has 0 radical (unpaired) electrons. The van der Waals surface area contributed by atoms with Crippen molar-refractivity contribution in [2.45, 2.75) is 11.1 Å². The predicted octanol–water partition coefficient (Wildman–Crippen LogP) is 1.71. The van der Waals surface area contributed by atoms with E-state index in [9.17, 15) is 22.2 Å². The number of anilines is 1. The van der Waals surface area contributed by atoms with Crippen LogP contribution in [0.2, 0.25) is 5.02 Å². The summed E-state index contributed by atoms with van der Waals surface area (Å²) >= 11 is 5.77. The highest BCUT2D eigenvalue weighted by atomic mass is 35.5. The molecule has 3 N–H and O–H groups in total. The number of nitrogen functional groups attached to an aromatic ring is 1. The SMILES string of the molecule is Nc1cccc(Cl)c1S(=O)CC(=O)NCC(F)(F)F. The van der Waals surface area contributed by atoms with Gasteiger partial charge in [0, 0.05) is 5.69 Å². The smallest absolute Gasteiger partial charge is 0.398 e. The van der Waals surface area contributed by atoms with Gasteiger partial charge in [0.25, 0.3) is 0 Å². The lowest BCUT2D eigenvalue weighted by Gasteiger charge is -2.10. The predicted molar refractivity (Wildman–Crippen MR) is 66.2 cm³/mol. The summed E-state index contributed by atoms with van der Waals surface area (Å²) in [6, 6.07) is 4.40. The maximum absolute atomic E-state index is 11.9. The van der Waals surface area contributed by atoms with Crippen LogP contribution in [-0.4, -0.2) is 28.6 Å². The largest absolute Gasteiger partial charge is 0.405 e. The van der Waals surface area contributed by atoms with E-state index >= 15 is 0 Å². The first kappa shape index (κ1) is 15.8. The van der Waals surface area contributed by atoms with Crippen LogP contribution in [0, 0.1) is 0 Å². The monoisotopic (exact) mass is 314 g/mol. The van der Waals surface area contributed by atoms with Gasteiger partial charge in [0.15, 0.2) is 0 Å². The van der Waals surface area contributed by atoms with E-state index < -0.39 is 35.2 Å². The van der Waals surface area contributed by atoms with Gasteiger partial charge in [-0.3, -0.25) is 9.00 Å². The molecule has 1 aromatic carbocycles. The fourth-order valence-electron chi connectivity index (χ4n) is 1.21. The molecular formula is C10H10ClF3N2O2S. The van der Waals surface area contributed by atoms with Crippen molar-refractivity contribution in [2.24, 2.45) is 0 Å². The molecule has 0 bridgehead atoms. The summed E-state index contributed by atoms with van der Waals surface area (Å²) in [5.41, 5.74) is 5.67. The van der Waals surface area contributed by atoms with Crippen molar-refractivity contribution in [1.82, 2.24) is 5.32 Å². The number of hydrogen-bond acceptors (Lipinski definition) is 3.